The van der Waals surface area contributed by atoms with Gasteiger partial charge in [0.15, 0.2) is 0 Å². The Morgan fingerprint density at radius 2 is 2.05 bits per heavy atom. The van der Waals surface area contributed by atoms with Gasteiger partial charge in [0.2, 0.25) is 5.91 Å². The summed E-state index contributed by atoms with van der Waals surface area (Å²) in [5.41, 5.74) is 7.72. The summed E-state index contributed by atoms with van der Waals surface area (Å²) >= 11 is 3.41. The fraction of sp³-hybridized carbons (Fsp3) is 0.133. The number of primary amides is 1. The molecule has 2 N–H and O–H groups in total. The van der Waals surface area contributed by atoms with E-state index in [9.17, 15) is 4.79 Å². The molecule has 0 aliphatic carbocycles. The minimum Gasteiger partial charge on any atom is -0.489 e. The Bertz CT molecular complexity index is 611. The molecule has 98 valence electrons. The van der Waals surface area contributed by atoms with Gasteiger partial charge in [0, 0.05) is 10.0 Å². The van der Waals surface area contributed by atoms with Crippen molar-refractivity contribution >= 4 is 21.8 Å². The molecular weight excluding hydrogens is 306 g/mol. The molecule has 0 radical (unpaired) electrons. The molecule has 0 atom stereocenters. The first-order chi connectivity index (χ1) is 9.06. The topological polar surface area (TPSA) is 52.3 Å². The van der Waals surface area contributed by atoms with Crippen LogP contribution in [-0.2, 0) is 6.61 Å². The van der Waals surface area contributed by atoms with Gasteiger partial charge in [-0.1, -0.05) is 34.1 Å². The summed E-state index contributed by atoms with van der Waals surface area (Å²) in [6.07, 6.45) is 0. The van der Waals surface area contributed by atoms with Gasteiger partial charge in [-0.2, -0.15) is 0 Å². The molecule has 0 saturated heterocycles. The Labute approximate surface area is 120 Å². The lowest BCUT2D eigenvalue weighted by Crippen LogP contribution is -2.11. The van der Waals surface area contributed by atoms with Crippen molar-refractivity contribution in [3.8, 4) is 5.75 Å². The van der Waals surface area contributed by atoms with E-state index in [0.29, 0.717) is 12.2 Å². The Hall–Kier alpha value is -1.81. The summed E-state index contributed by atoms with van der Waals surface area (Å²) in [4.78, 5) is 11.1. The van der Waals surface area contributed by atoms with Crippen molar-refractivity contribution in [1.82, 2.24) is 0 Å². The van der Waals surface area contributed by atoms with Gasteiger partial charge in [-0.05, 0) is 42.3 Å². The lowest BCUT2D eigenvalue weighted by atomic mass is 10.1. The quantitative estimate of drug-likeness (QED) is 0.938. The number of hydrogen-bond acceptors (Lipinski definition) is 2. The van der Waals surface area contributed by atoms with E-state index >= 15 is 0 Å². The summed E-state index contributed by atoms with van der Waals surface area (Å²) in [5, 5.41) is 0. The Kier molecular flexibility index (Phi) is 4.22. The largest absolute Gasteiger partial charge is 0.489 e. The summed E-state index contributed by atoms with van der Waals surface area (Å²) in [6, 6.07) is 13.0. The maximum atomic E-state index is 11.1. The Morgan fingerprint density at radius 3 is 2.79 bits per heavy atom. The number of carbonyl (C=O) groups excluding carboxylic acids is 1. The van der Waals surface area contributed by atoms with Crippen LogP contribution in [0.25, 0.3) is 0 Å². The smallest absolute Gasteiger partial charge is 0.248 e. The van der Waals surface area contributed by atoms with E-state index in [-0.39, 0.29) is 0 Å². The van der Waals surface area contributed by atoms with Crippen LogP contribution in [0.1, 0.15) is 21.5 Å². The van der Waals surface area contributed by atoms with Gasteiger partial charge >= 0.3 is 0 Å². The van der Waals surface area contributed by atoms with Crippen LogP contribution in [-0.4, -0.2) is 5.91 Å². The minimum absolute atomic E-state index is 0.401. The predicted octanol–water partition coefficient (Wildman–Crippen LogP) is 3.44. The number of nitrogens with two attached hydrogens (primary N) is 1. The third-order valence-corrected chi connectivity index (χ3v) is 3.25. The number of rotatable bonds is 4. The second-order valence-electron chi connectivity index (χ2n) is 4.26. The first kappa shape index (κ1) is 13.6. The number of benzene rings is 2. The van der Waals surface area contributed by atoms with E-state index in [4.69, 9.17) is 10.5 Å². The van der Waals surface area contributed by atoms with E-state index in [0.717, 1.165) is 21.3 Å². The van der Waals surface area contributed by atoms with Crippen LogP contribution in [0.5, 0.6) is 5.75 Å². The standard InChI is InChI=1S/C15H14BrNO2/c1-10-5-6-13(16)8-14(10)19-9-11-3-2-4-12(7-11)15(17)18/h2-8H,9H2,1H3,(H2,17,18). The van der Waals surface area contributed by atoms with Crippen molar-refractivity contribution in [2.45, 2.75) is 13.5 Å². The molecule has 0 aliphatic heterocycles. The molecule has 2 aromatic rings. The number of amides is 1. The van der Waals surface area contributed by atoms with Crippen LogP contribution in [0.3, 0.4) is 0 Å². The average Bonchev–Trinajstić information content (AvgIpc) is 2.40. The van der Waals surface area contributed by atoms with Crippen molar-refractivity contribution in [3.63, 3.8) is 0 Å². The molecule has 0 fully saturated rings. The molecule has 2 aromatic carbocycles. The van der Waals surface area contributed by atoms with Gasteiger partial charge in [-0.15, -0.1) is 0 Å². The lowest BCUT2D eigenvalue weighted by molar-refractivity contribution is 0.1000. The second kappa shape index (κ2) is 5.89. The van der Waals surface area contributed by atoms with Crippen LogP contribution in [0.2, 0.25) is 0 Å². The highest BCUT2D eigenvalue weighted by Crippen LogP contribution is 2.23. The normalized spacial score (nSPS) is 10.2. The third kappa shape index (κ3) is 3.58. The zero-order valence-corrected chi connectivity index (χ0v) is 12.1. The van der Waals surface area contributed by atoms with Crippen LogP contribution in [0, 0.1) is 6.92 Å². The Balaban J connectivity index is 2.12. The lowest BCUT2D eigenvalue weighted by Gasteiger charge is -2.10. The van der Waals surface area contributed by atoms with Crippen molar-refractivity contribution in [2.24, 2.45) is 5.73 Å². The third-order valence-electron chi connectivity index (χ3n) is 2.76. The molecule has 0 bridgehead atoms. The first-order valence-electron chi connectivity index (χ1n) is 5.84. The molecule has 2 rings (SSSR count). The molecular formula is C15H14BrNO2. The summed E-state index contributed by atoms with van der Waals surface area (Å²) < 4.78 is 6.73. The van der Waals surface area contributed by atoms with Crippen molar-refractivity contribution in [1.29, 1.82) is 0 Å². The SMILES string of the molecule is Cc1ccc(Br)cc1OCc1cccc(C(N)=O)c1. The number of aryl methyl sites for hydroxylation is 1. The molecule has 0 unspecified atom stereocenters. The van der Waals surface area contributed by atoms with E-state index in [1.54, 1.807) is 18.2 Å². The van der Waals surface area contributed by atoms with E-state index in [2.05, 4.69) is 15.9 Å². The second-order valence-corrected chi connectivity index (χ2v) is 5.18. The molecule has 0 heterocycles. The van der Waals surface area contributed by atoms with Crippen molar-refractivity contribution < 1.29 is 9.53 Å². The van der Waals surface area contributed by atoms with Gasteiger partial charge in [0.05, 0.1) is 0 Å². The summed E-state index contributed by atoms with van der Waals surface area (Å²) in [5.74, 6) is 0.388. The molecule has 0 aliphatic rings. The molecule has 0 aromatic heterocycles. The highest BCUT2D eigenvalue weighted by atomic mass is 79.9. The highest BCUT2D eigenvalue weighted by Gasteiger charge is 2.04. The van der Waals surface area contributed by atoms with Gasteiger partial charge in [0.1, 0.15) is 12.4 Å². The summed E-state index contributed by atoms with van der Waals surface area (Å²) in [7, 11) is 0. The van der Waals surface area contributed by atoms with E-state index < -0.39 is 5.91 Å². The van der Waals surface area contributed by atoms with Crippen LogP contribution in [0.15, 0.2) is 46.9 Å². The van der Waals surface area contributed by atoms with E-state index in [1.807, 2.05) is 31.2 Å². The first-order valence-corrected chi connectivity index (χ1v) is 6.63. The van der Waals surface area contributed by atoms with E-state index in [1.165, 1.54) is 0 Å². The predicted molar refractivity (Wildman–Crippen MR) is 78.2 cm³/mol. The molecule has 1 amide bonds. The number of carbonyl (C=O) groups is 1. The van der Waals surface area contributed by atoms with Crippen LogP contribution >= 0.6 is 15.9 Å². The molecule has 3 nitrogen and oxygen atoms in total. The van der Waals surface area contributed by atoms with Crippen molar-refractivity contribution in [3.05, 3.63) is 63.6 Å². The Morgan fingerprint density at radius 1 is 1.26 bits per heavy atom. The zero-order valence-electron chi connectivity index (χ0n) is 10.5. The molecule has 0 saturated carbocycles. The molecule has 19 heavy (non-hydrogen) atoms. The minimum atomic E-state index is -0.430. The van der Waals surface area contributed by atoms with Crippen LogP contribution < -0.4 is 10.5 Å². The van der Waals surface area contributed by atoms with Gasteiger partial charge < -0.3 is 10.5 Å². The summed E-state index contributed by atoms with van der Waals surface area (Å²) in [6.45, 7) is 2.39. The van der Waals surface area contributed by atoms with Gasteiger partial charge in [-0.3, -0.25) is 4.79 Å². The van der Waals surface area contributed by atoms with Gasteiger partial charge in [0.25, 0.3) is 0 Å². The number of ether oxygens (including phenoxy) is 1. The van der Waals surface area contributed by atoms with Gasteiger partial charge in [-0.25, -0.2) is 0 Å². The molecule has 4 heteroatoms. The fourth-order valence-electron chi connectivity index (χ4n) is 1.70. The molecule has 0 spiro atoms. The number of halogens is 1. The maximum Gasteiger partial charge on any atom is 0.248 e. The monoisotopic (exact) mass is 319 g/mol. The van der Waals surface area contributed by atoms with Crippen LogP contribution in [0.4, 0.5) is 0 Å². The van der Waals surface area contributed by atoms with Crippen molar-refractivity contribution in [2.75, 3.05) is 0 Å². The zero-order chi connectivity index (χ0) is 13.8. The average molecular weight is 320 g/mol. The fourth-order valence-corrected chi connectivity index (χ4v) is 2.04. The number of hydrogen-bond donors (Lipinski definition) is 1. The highest BCUT2D eigenvalue weighted by molar-refractivity contribution is 9.10. The maximum absolute atomic E-state index is 11.1.